The number of benzene rings is 1. The molecule has 0 spiro atoms. The summed E-state index contributed by atoms with van der Waals surface area (Å²) in [4.78, 5) is 20.8. The molecular weight excluding hydrogens is 367 g/mol. The largest absolute Gasteiger partial charge is 0.345 e. The molecule has 0 radical (unpaired) electrons. The lowest BCUT2D eigenvalue weighted by Gasteiger charge is -2.35. The molecule has 8 heteroatoms. The number of carbonyl (C=O) groups excluding carboxylic acids is 1. The van der Waals surface area contributed by atoms with Crippen molar-refractivity contribution < 1.29 is 4.79 Å². The van der Waals surface area contributed by atoms with E-state index in [9.17, 15) is 4.79 Å². The molecule has 24 heavy (non-hydrogen) atoms. The maximum atomic E-state index is 12.5. The Bertz CT molecular complexity index is 702. The van der Waals surface area contributed by atoms with Crippen LogP contribution >= 0.6 is 34.5 Å². The van der Waals surface area contributed by atoms with Gasteiger partial charge in [0.1, 0.15) is 0 Å². The van der Waals surface area contributed by atoms with Gasteiger partial charge in [-0.1, -0.05) is 29.3 Å². The normalized spacial score (nSPS) is 16.1. The van der Waals surface area contributed by atoms with E-state index >= 15 is 0 Å². The number of amides is 2. The molecule has 1 aromatic heterocycles. The van der Waals surface area contributed by atoms with E-state index in [0.717, 1.165) is 23.8 Å². The quantitative estimate of drug-likeness (QED) is 0.868. The predicted molar refractivity (Wildman–Crippen MR) is 99.3 cm³/mol. The van der Waals surface area contributed by atoms with Crippen LogP contribution in [0.15, 0.2) is 29.8 Å². The van der Waals surface area contributed by atoms with E-state index in [1.807, 2.05) is 23.3 Å². The molecule has 2 amide bonds. The Hall–Kier alpha value is -1.50. The van der Waals surface area contributed by atoms with Crippen molar-refractivity contribution >= 4 is 45.7 Å². The van der Waals surface area contributed by atoms with Crippen LogP contribution in [0.25, 0.3) is 0 Å². The van der Waals surface area contributed by atoms with Gasteiger partial charge in [-0.15, -0.1) is 11.3 Å². The maximum Gasteiger partial charge on any atom is 0.317 e. The molecule has 1 fully saturated rings. The van der Waals surface area contributed by atoms with Crippen molar-refractivity contribution in [2.75, 3.05) is 31.1 Å². The van der Waals surface area contributed by atoms with E-state index in [0.29, 0.717) is 23.1 Å². The molecule has 1 N–H and O–H groups in total. The van der Waals surface area contributed by atoms with Crippen LogP contribution in [-0.4, -0.2) is 42.1 Å². The van der Waals surface area contributed by atoms with Gasteiger partial charge in [-0.2, -0.15) is 0 Å². The molecule has 3 rings (SSSR count). The van der Waals surface area contributed by atoms with E-state index in [1.165, 1.54) is 0 Å². The number of anilines is 1. The van der Waals surface area contributed by atoms with Gasteiger partial charge >= 0.3 is 6.03 Å². The Morgan fingerprint density at radius 3 is 2.62 bits per heavy atom. The summed E-state index contributed by atoms with van der Waals surface area (Å²) in [7, 11) is 0. The zero-order valence-corrected chi connectivity index (χ0v) is 15.5. The second-order valence-electron chi connectivity index (χ2n) is 5.63. The van der Waals surface area contributed by atoms with Gasteiger partial charge < -0.3 is 15.1 Å². The van der Waals surface area contributed by atoms with Gasteiger partial charge in [-0.25, -0.2) is 9.78 Å². The van der Waals surface area contributed by atoms with E-state index in [-0.39, 0.29) is 12.1 Å². The summed E-state index contributed by atoms with van der Waals surface area (Å²) in [6.45, 7) is 4.88. The summed E-state index contributed by atoms with van der Waals surface area (Å²) in [6.07, 6.45) is 1.80. The lowest BCUT2D eigenvalue weighted by atomic mass is 10.1. The van der Waals surface area contributed by atoms with Gasteiger partial charge in [0.2, 0.25) is 0 Å². The third-order valence-corrected chi connectivity index (χ3v) is 5.61. The highest BCUT2D eigenvalue weighted by Crippen LogP contribution is 2.25. The zero-order chi connectivity index (χ0) is 17.1. The van der Waals surface area contributed by atoms with Crippen LogP contribution in [0.4, 0.5) is 9.93 Å². The summed E-state index contributed by atoms with van der Waals surface area (Å²) < 4.78 is 0. The highest BCUT2D eigenvalue weighted by Gasteiger charge is 2.23. The third kappa shape index (κ3) is 3.94. The average molecular weight is 385 g/mol. The Balaban J connectivity index is 1.54. The highest BCUT2D eigenvalue weighted by atomic mass is 35.5. The Labute approximate surface area is 155 Å². The van der Waals surface area contributed by atoms with Crippen LogP contribution in [0.1, 0.15) is 18.5 Å². The minimum atomic E-state index is -0.135. The number of nitrogens with one attached hydrogen (secondary N) is 1. The molecule has 1 saturated heterocycles. The van der Waals surface area contributed by atoms with Crippen molar-refractivity contribution in [2.45, 2.75) is 13.0 Å². The number of halogens is 2. The summed E-state index contributed by atoms with van der Waals surface area (Å²) in [5, 5.41) is 7.00. The smallest absolute Gasteiger partial charge is 0.317 e. The molecule has 2 aromatic rings. The minimum absolute atomic E-state index is 0.0626. The third-order valence-electron chi connectivity index (χ3n) is 4.04. The van der Waals surface area contributed by atoms with Gasteiger partial charge in [0.15, 0.2) is 5.13 Å². The van der Waals surface area contributed by atoms with Gasteiger partial charge in [-0.3, -0.25) is 0 Å². The number of urea groups is 1. The Morgan fingerprint density at radius 2 is 2.00 bits per heavy atom. The molecule has 1 aliphatic rings. The van der Waals surface area contributed by atoms with E-state index < -0.39 is 0 Å². The van der Waals surface area contributed by atoms with Crippen molar-refractivity contribution in [2.24, 2.45) is 0 Å². The highest BCUT2D eigenvalue weighted by molar-refractivity contribution is 7.13. The first kappa shape index (κ1) is 17.3. The number of rotatable bonds is 3. The van der Waals surface area contributed by atoms with Crippen molar-refractivity contribution in [3.63, 3.8) is 0 Å². The lowest BCUT2D eigenvalue weighted by molar-refractivity contribution is 0.191. The van der Waals surface area contributed by atoms with Crippen LogP contribution < -0.4 is 10.2 Å². The molecular formula is C16H18Cl2N4OS. The van der Waals surface area contributed by atoms with E-state index in [1.54, 1.807) is 29.7 Å². The fraction of sp³-hybridized carbons (Fsp3) is 0.375. The Kier molecular flexibility index (Phi) is 5.48. The van der Waals surface area contributed by atoms with E-state index in [2.05, 4.69) is 15.2 Å². The average Bonchev–Trinajstić information content (AvgIpc) is 3.12. The van der Waals surface area contributed by atoms with Crippen molar-refractivity contribution in [3.8, 4) is 0 Å². The number of aromatic nitrogens is 1. The van der Waals surface area contributed by atoms with Crippen LogP contribution in [0.5, 0.6) is 0 Å². The molecule has 2 heterocycles. The number of carbonyl (C=O) groups is 1. The summed E-state index contributed by atoms with van der Waals surface area (Å²) in [5.41, 5.74) is 0.930. The summed E-state index contributed by atoms with van der Waals surface area (Å²) >= 11 is 13.6. The Morgan fingerprint density at radius 1 is 1.25 bits per heavy atom. The maximum absolute atomic E-state index is 12.5. The topological polar surface area (TPSA) is 48.5 Å². The van der Waals surface area contributed by atoms with Crippen molar-refractivity contribution in [1.82, 2.24) is 15.2 Å². The fourth-order valence-corrected chi connectivity index (χ4v) is 3.62. The van der Waals surface area contributed by atoms with Gasteiger partial charge in [0.05, 0.1) is 16.1 Å². The molecule has 1 aromatic carbocycles. The fourth-order valence-electron chi connectivity index (χ4n) is 2.61. The van der Waals surface area contributed by atoms with E-state index in [4.69, 9.17) is 23.2 Å². The number of thiazole rings is 1. The van der Waals surface area contributed by atoms with Gasteiger partial charge in [0, 0.05) is 37.8 Å². The van der Waals surface area contributed by atoms with Crippen molar-refractivity contribution in [3.05, 3.63) is 45.4 Å². The predicted octanol–water partition coefficient (Wildman–Crippen LogP) is 4.04. The van der Waals surface area contributed by atoms with Crippen LogP contribution in [0.3, 0.4) is 0 Å². The van der Waals surface area contributed by atoms with Crippen LogP contribution in [-0.2, 0) is 0 Å². The minimum Gasteiger partial charge on any atom is -0.345 e. The molecule has 1 atom stereocenters. The number of hydrogen-bond donors (Lipinski definition) is 1. The molecule has 128 valence electrons. The number of piperazine rings is 1. The van der Waals surface area contributed by atoms with Crippen molar-refractivity contribution in [1.29, 1.82) is 0 Å². The molecule has 1 aliphatic heterocycles. The second-order valence-corrected chi connectivity index (χ2v) is 7.32. The molecule has 0 saturated carbocycles. The van der Waals surface area contributed by atoms with Gasteiger partial charge in [-0.05, 0) is 24.6 Å². The summed E-state index contributed by atoms with van der Waals surface area (Å²) in [5.74, 6) is 0. The summed E-state index contributed by atoms with van der Waals surface area (Å²) in [6, 6.07) is 5.21. The number of hydrogen-bond acceptors (Lipinski definition) is 4. The molecule has 1 unspecified atom stereocenters. The second kappa shape index (κ2) is 7.59. The molecule has 5 nitrogen and oxygen atoms in total. The first-order valence-corrected chi connectivity index (χ1v) is 9.33. The zero-order valence-electron chi connectivity index (χ0n) is 13.2. The van der Waals surface area contributed by atoms with Crippen LogP contribution in [0.2, 0.25) is 10.0 Å². The number of nitrogens with zero attached hydrogens (tertiary/aromatic N) is 3. The first-order valence-electron chi connectivity index (χ1n) is 7.69. The first-order chi connectivity index (χ1) is 11.5. The lowest BCUT2D eigenvalue weighted by Crippen LogP contribution is -2.52. The SMILES string of the molecule is CC(NC(=O)N1CCN(c2nccs2)CC1)c1ccc(Cl)c(Cl)c1. The van der Waals surface area contributed by atoms with Crippen LogP contribution in [0, 0.1) is 0 Å². The molecule has 0 aliphatic carbocycles. The standard InChI is InChI=1S/C16H18Cl2N4OS/c1-11(12-2-3-13(17)14(18)10-12)20-15(23)21-5-7-22(8-6-21)16-19-4-9-24-16/h2-4,9-11H,5-8H2,1H3,(H,20,23). The monoisotopic (exact) mass is 384 g/mol. The molecule has 0 bridgehead atoms. The van der Waals surface area contributed by atoms with Gasteiger partial charge in [0.25, 0.3) is 0 Å².